The maximum absolute atomic E-state index is 2.34. The third kappa shape index (κ3) is 4.92. The van der Waals surface area contributed by atoms with E-state index in [0.717, 1.165) is 34.1 Å². The van der Waals surface area contributed by atoms with Crippen molar-refractivity contribution in [3.05, 3.63) is 194 Å². The Morgan fingerprint density at radius 2 is 0.542 bits per heavy atom. The Balaban J connectivity index is 1.12. The Bertz CT molecular complexity index is 2330. The summed E-state index contributed by atoms with van der Waals surface area (Å²) in [6, 6.07) is 69.8. The van der Waals surface area contributed by atoms with Gasteiger partial charge in [-0.05, 0) is 128 Å². The molecule has 0 atom stereocenters. The molecule has 0 saturated heterocycles. The van der Waals surface area contributed by atoms with Gasteiger partial charge in [-0.2, -0.15) is 0 Å². The zero-order valence-electron chi connectivity index (χ0n) is 26.4. The van der Waals surface area contributed by atoms with Crippen molar-refractivity contribution in [3.63, 3.8) is 0 Å². The molecule has 0 amide bonds. The Morgan fingerprint density at radius 3 is 0.917 bits per heavy atom. The van der Waals surface area contributed by atoms with Crippen LogP contribution in [0.2, 0.25) is 0 Å². The van der Waals surface area contributed by atoms with Crippen molar-refractivity contribution >= 4 is 66.4 Å². The molecule has 0 aliphatic carbocycles. The fraction of sp³-hybridized carbons (Fsp3) is 0. The van der Waals surface area contributed by atoms with E-state index in [4.69, 9.17) is 0 Å². The van der Waals surface area contributed by atoms with Crippen LogP contribution in [0.4, 0.5) is 34.1 Å². The molecule has 0 aromatic heterocycles. The van der Waals surface area contributed by atoms with E-state index in [1.54, 1.807) is 0 Å². The lowest BCUT2D eigenvalue weighted by molar-refractivity contribution is 1.28. The van der Waals surface area contributed by atoms with Crippen molar-refractivity contribution in [2.75, 3.05) is 9.80 Å². The first kappa shape index (κ1) is 27.9. The van der Waals surface area contributed by atoms with E-state index in [2.05, 4.69) is 204 Å². The van der Waals surface area contributed by atoms with Crippen LogP contribution in [0.1, 0.15) is 0 Å². The normalized spacial score (nSPS) is 11.3. The fourth-order valence-electron chi connectivity index (χ4n) is 7.12. The molecule has 0 bridgehead atoms. The zero-order chi connectivity index (χ0) is 31.9. The van der Waals surface area contributed by atoms with Crippen LogP contribution in [0.15, 0.2) is 194 Å². The van der Waals surface area contributed by atoms with Crippen LogP contribution in [0.3, 0.4) is 0 Å². The van der Waals surface area contributed by atoms with E-state index in [-0.39, 0.29) is 0 Å². The highest BCUT2D eigenvalue weighted by Crippen LogP contribution is 2.43. The first-order chi connectivity index (χ1) is 23.8. The quantitative estimate of drug-likeness (QED) is 0.165. The third-order valence-electron chi connectivity index (χ3n) is 9.29. The van der Waals surface area contributed by atoms with E-state index < -0.39 is 0 Å². The molecule has 226 valence electrons. The van der Waals surface area contributed by atoms with Gasteiger partial charge < -0.3 is 9.80 Å². The smallest absolute Gasteiger partial charge is 0.0473 e. The molecule has 0 radical (unpaired) electrons. The topological polar surface area (TPSA) is 6.48 Å². The number of rotatable bonds is 7. The van der Waals surface area contributed by atoms with Crippen LogP contribution in [0.5, 0.6) is 0 Å². The monoisotopic (exact) mass is 612 g/mol. The van der Waals surface area contributed by atoms with Gasteiger partial charge in [0, 0.05) is 34.1 Å². The van der Waals surface area contributed by atoms with Crippen molar-refractivity contribution in [3.8, 4) is 11.1 Å². The number of benzene rings is 9. The average Bonchev–Trinajstić information content (AvgIpc) is 3.16. The standard InChI is InChI=1S/C46H32N2/c1-5-13-39(14-6-1)47(40-15-7-2-8-16-40)43-27-25-33(26-28-43)38-29-34-21-23-36-31-44(32-37-24-22-35(30-38)45(34)46(36)37)48(41-17-9-3-10-18-41)42-19-11-4-12-20-42/h1-32H. The van der Waals surface area contributed by atoms with Gasteiger partial charge in [-0.1, -0.05) is 109 Å². The van der Waals surface area contributed by atoms with Crippen molar-refractivity contribution < 1.29 is 0 Å². The van der Waals surface area contributed by atoms with Gasteiger partial charge in [0.15, 0.2) is 0 Å². The minimum atomic E-state index is 1.13. The molecule has 0 aliphatic heterocycles. The molecule has 0 heterocycles. The number of anilines is 6. The van der Waals surface area contributed by atoms with Crippen LogP contribution < -0.4 is 9.80 Å². The van der Waals surface area contributed by atoms with Gasteiger partial charge in [-0.3, -0.25) is 0 Å². The molecule has 0 spiro atoms. The van der Waals surface area contributed by atoms with Gasteiger partial charge in [0.1, 0.15) is 0 Å². The van der Waals surface area contributed by atoms with Gasteiger partial charge in [0.2, 0.25) is 0 Å². The van der Waals surface area contributed by atoms with Gasteiger partial charge in [0.25, 0.3) is 0 Å². The highest BCUT2D eigenvalue weighted by molar-refractivity contribution is 6.24. The second-order valence-electron chi connectivity index (χ2n) is 12.3. The lowest BCUT2D eigenvalue weighted by atomic mass is 9.91. The molecule has 48 heavy (non-hydrogen) atoms. The zero-order valence-corrected chi connectivity index (χ0v) is 26.4. The van der Waals surface area contributed by atoms with Crippen LogP contribution in [0.25, 0.3) is 43.4 Å². The Morgan fingerprint density at radius 1 is 0.229 bits per heavy atom. The van der Waals surface area contributed by atoms with E-state index >= 15 is 0 Å². The van der Waals surface area contributed by atoms with Gasteiger partial charge in [-0.25, -0.2) is 0 Å². The Hall–Kier alpha value is -6.38. The van der Waals surface area contributed by atoms with E-state index in [9.17, 15) is 0 Å². The molecule has 2 heteroatoms. The molecule has 9 aromatic rings. The minimum absolute atomic E-state index is 1.13. The highest BCUT2D eigenvalue weighted by Gasteiger charge is 2.17. The van der Waals surface area contributed by atoms with Crippen LogP contribution in [-0.4, -0.2) is 0 Å². The fourth-order valence-corrected chi connectivity index (χ4v) is 7.12. The van der Waals surface area contributed by atoms with Gasteiger partial charge in [-0.15, -0.1) is 0 Å². The maximum Gasteiger partial charge on any atom is 0.0473 e. The maximum atomic E-state index is 2.34. The summed E-state index contributed by atoms with van der Waals surface area (Å²) in [7, 11) is 0. The van der Waals surface area contributed by atoms with Crippen LogP contribution >= 0.6 is 0 Å². The summed E-state index contributed by atoms with van der Waals surface area (Å²) < 4.78 is 0. The summed E-state index contributed by atoms with van der Waals surface area (Å²) in [4.78, 5) is 4.64. The molecule has 2 nitrogen and oxygen atoms in total. The number of nitrogens with zero attached hydrogens (tertiary/aromatic N) is 2. The van der Waals surface area contributed by atoms with Crippen molar-refractivity contribution in [2.24, 2.45) is 0 Å². The Kier molecular flexibility index (Phi) is 6.84. The predicted molar refractivity (Wildman–Crippen MR) is 205 cm³/mol. The SMILES string of the molecule is c1ccc(N(c2ccccc2)c2ccc(-c3cc4ccc5cc(N(c6ccccc6)c6ccccc6)cc6ccc(c3)c4c56)cc2)cc1. The second kappa shape index (κ2) is 11.8. The molecule has 9 rings (SSSR count). The lowest BCUT2D eigenvalue weighted by Crippen LogP contribution is -2.09. The van der Waals surface area contributed by atoms with E-state index in [1.165, 1.54) is 43.4 Å². The van der Waals surface area contributed by atoms with Gasteiger partial charge >= 0.3 is 0 Å². The van der Waals surface area contributed by atoms with E-state index in [0.29, 0.717) is 0 Å². The highest BCUT2D eigenvalue weighted by atomic mass is 15.1. The predicted octanol–water partition coefficient (Wildman–Crippen LogP) is 13.2. The summed E-state index contributed by atoms with van der Waals surface area (Å²) in [6.07, 6.45) is 0. The molecule has 9 aromatic carbocycles. The molecule has 0 unspecified atom stereocenters. The molecular formula is C46H32N2. The number of hydrogen-bond acceptors (Lipinski definition) is 2. The first-order valence-corrected chi connectivity index (χ1v) is 16.4. The Labute approximate surface area is 280 Å². The van der Waals surface area contributed by atoms with Crippen LogP contribution in [0, 0.1) is 0 Å². The second-order valence-corrected chi connectivity index (χ2v) is 12.3. The summed E-state index contributed by atoms with van der Waals surface area (Å²) in [5.41, 5.74) is 9.26. The summed E-state index contributed by atoms with van der Waals surface area (Å²) in [5, 5.41) is 7.65. The molecule has 0 fully saturated rings. The minimum Gasteiger partial charge on any atom is -0.311 e. The summed E-state index contributed by atoms with van der Waals surface area (Å²) >= 11 is 0. The van der Waals surface area contributed by atoms with Crippen molar-refractivity contribution in [1.82, 2.24) is 0 Å². The van der Waals surface area contributed by atoms with E-state index in [1.807, 2.05) is 0 Å². The largest absolute Gasteiger partial charge is 0.311 e. The van der Waals surface area contributed by atoms with Crippen molar-refractivity contribution in [1.29, 1.82) is 0 Å². The molecule has 0 saturated carbocycles. The molecular weight excluding hydrogens is 581 g/mol. The van der Waals surface area contributed by atoms with Gasteiger partial charge in [0.05, 0.1) is 0 Å². The number of para-hydroxylation sites is 4. The summed E-state index contributed by atoms with van der Waals surface area (Å²) in [5.74, 6) is 0. The average molecular weight is 613 g/mol. The first-order valence-electron chi connectivity index (χ1n) is 16.4. The van der Waals surface area contributed by atoms with Crippen LogP contribution in [-0.2, 0) is 0 Å². The summed E-state index contributed by atoms with van der Waals surface area (Å²) in [6.45, 7) is 0. The lowest BCUT2D eigenvalue weighted by Gasteiger charge is -2.26. The third-order valence-corrected chi connectivity index (χ3v) is 9.29. The molecule has 0 aliphatic rings. The number of hydrogen-bond donors (Lipinski definition) is 0. The molecule has 0 N–H and O–H groups in total. The van der Waals surface area contributed by atoms with Crippen molar-refractivity contribution in [2.45, 2.75) is 0 Å².